The van der Waals surface area contributed by atoms with E-state index in [1.165, 1.54) is 12.0 Å². The van der Waals surface area contributed by atoms with Gasteiger partial charge >= 0.3 is 6.09 Å². The summed E-state index contributed by atoms with van der Waals surface area (Å²) in [6.07, 6.45) is 0.608. The van der Waals surface area contributed by atoms with Crippen molar-refractivity contribution in [2.45, 2.75) is 6.42 Å². The van der Waals surface area contributed by atoms with Crippen LogP contribution in [0, 0.1) is 0 Å². The highest BCUT2D eigenvalue weighted by molar-refractivity contribution is 7.80. The molecule has 0 fully saturated rings. The molecule has 3 nitrogen and oxygen atoms in total. The first-order valence-electron chi connectivity index (χ1n) is 3.12. The number of nitrogens with zero attached hydrogens (tertiary/aromatic N) is 1. The molecular weight excluding hydrogens is 150 g/mol. The van der Waals surface area contributed by atoms with E-state index in [2.05, 4.69) is 17.4 Å². The van der Waals surface area contributed by atoms with E-state index in [0.29, 0.717) is 6.54 Å². The van der Waals surface area contributed by atoms with Crippen LogP contribution in [0.1, 0.15) is 6.42 Å². The van der Waals surface area contributed by atoms with E-state index in [9.17, 15) is 4.79 Å². The summed E-state index contributed by atoms with van der Waals surface area (Å²) >= 11 is 4.01. The first kappa shape index (κ1) is 9.62. The molecule has 0 N–H and O–H groups in total. The molecule has 0 aromatic carbocycles. The fourth-order valence-electron chi connectivity index (χ4n) is 0.555. The minimum Gasteiger partial charge on any atom is -0.453 e. The summed E-state index contributed by atoms with van der Waals surface area (Å²) in [5, 5.41) is 0. The van der Waals surface area contributed by atoms with E-state index < -0.39 is 0 Å². The third-order valence-electron chi connectivity index (χ3n) is 1.14. The molecule has 0 radical (unpaired) electrons. The Morgan fingerprint density at radius 1 is 1.70 bits per heavy atom. The minimum absolute atomic E-state index is 0.290. The van der Waals surface area contributed by atoms with Gasteiger partial charge < -0.3 is 9.64 Å². The van der Waals surface area contributed by atoms with E-state index in [0.717, 1.165) is 12.2 Å². The predicted octanol–water partition coefficient (Wildman–Crippen LogP) is 1.00. The Bertz CT molecular complexity index is 108. The van der Waals surface area contributed by atoms with Crippen molar-refractivity contribution in [3.63, 3.8) is 0 Å². The maximum absolute atomic E-state index is 10.7. The zero-order valence-corrected chi connectivity index (χ0v) is 7.23. The average Bonchev–Trinajstić information content (AvgIpc) is 1.98. The number of thiol groups is 1. The fraction of sp³-hybridized carbons (Fsp3) is 0.833. The molecule has 0 aliphatic heterocycles. The van der Waals surface area contributed by atoms with E-state index in [-0.39, 0.29) is 6.09 Å². The van der Waals surface area contributed by atoms with Gasteiger partial charge in [0.2, 0.25) is 0 Å². The standard InChI is InChI=1S/C6H13NO2S/c1-7(4-3-5-10)6(8)9-2/h10H,3-5H2,1-2H3. The molecule has 0 saturated carbocycles. The maximum Gasteiger partial charge on any atom is 0.409 e. The fourth-order valence-corrected chi connectivity index (χ4v) is 0.696. The molecule has 0 atom stereocenters. The third-order valence-corrected chi connectivity index (χ3v) is 1.45. The monoisotopic (exact) mass is 163 g/mol. The second-order valence-corrected chi connectivity index (χ2v) is 2.42. The van der Waals surface area contributed by atoms with Crippen LogP contribution in [0.15, 0.2) is 0 Å². The molecular formula is C6H13NO2S. The van der Waals surface area contributed by atoms with Crippen LogP contribution in [-0.4, -0.2) is 37.4 Å². The van der Waals surface area contributed by atoms with Crippen molar-refractivity contribution in [3.05, 3.63) is 0 Å². The smallest absolute Gasteiger partial charge is 0.409 e. The van der Waals surface area contributed by atoms with Crippen molar-refractivity contribution < 1.29 is 9.53 Å². The molecule has 1 amide bonds. The zero-order valence-electron chi connectivity index (χ0n) is 6.33. The topological polar surface area (TPSA) is 29.5 Å². The highest BCUT2D eigenvalue weighted by Crippen LogP contribution is 1.91. The molecule has 0 saturated heterocycles. The maximum atomic E-state index is 10.7. The average molecular weight is 163 g/mol. The van der Waals surface area contributed by atoms with Crippen LogP contribution in [0.5, 0.6) is 0 Å². The van der Waals surface area contributed by atoms with Gasteiger partial charge in [0.25, 0.3) is 0 Å². The van der Waals surface area contributed by atoms with Crippen LogP contribution in [0.3, 0.4) is 0 Å². The summed E-state index contributed by atoms with van der Waals surface area (Å²) in [6, 6.07) is 0. The Kier molecular flexibility index (Phi) is 5.20. The van der Waals surface area contributed by atoms with Crippen molar-refractivity contribution in [1.82, 2.24) is 4.90 Å². The summed E-state index contributed by atoms with van der Waals surface area (Å²) in [7, 11) is 3.08. The van der Waals surface area contributed by atoms with E-state index >= 15 is 0 Å². The van der Waals surface area contributed by atoms with Gasteiger partial charge in [-0.25, -0.2) is 4.79 Å². The van der Waals surface area contributed by atoms with Gasteiger partial charge in [0.1, 0.15) is 0 Å². The normalized spacial score (nSPS) is 9.10. The van der Waals surface area contributed by atoms with Crippen molar-refractivity contribution in [3.8, 4) is 0 Å². The lowest BCUT2D eigenvalue weighted by atomic mass is 10.4. The number of methoxy groups -OCH3 is 1. The number of amides is 1. The Balaban J connectivity index is 3.41. The van der Waals surface area contributed by atoms with Gasteiger partial charge in [-0.3, -0.25) is 0 Å². The molecule has 0 unspecified atom stereocenters. The van der Waals surface area contributed by atoms with E-state index in [4.69, 9.17) is 0 Å². The van der Waals surface area contributed by atoms with Crippen LogP contribution in [0.2, 0.25) is 0 Å². The van der Waals surface area contributed by atoms with Crippen molar-refractivity contribution in [2.24, 2.45) is 0 Å². The van der Waals surface area contributed by atoms with Gasteiger partial charge in [0.15, 0.2) is 0 Å². The summed E-state index contributed by atoms with van der Waals surface area (Å²) in [4.78, 5) is 12.2. The summed E-state index contributed by atoms with van der Waals surface area (Å²) in [6.45, 7) is 0.705. The number of carbonyl (C=O) groups excluding carboxylic acids is 1. The van der Waals surface area contributed by atoms with Gasteiger partial charge in [-0.05, 0) is 12.2 Å². The Morgan fingerprint density at radius 2 is 2.30 bits per heavy atom. The van der Waals surface area contributed by atoms with Crippen molar-refractivity contribution >= 4 is 18.7 Å². The minimum atomic E-state index is -0.290. The van der Waals surface area contributed by atoms with Crippen molar-refractivity contribution in [1.29, 1.82) is 0 Å². The van der Waals surface area contributed by atoms with Crippen LogP contribution >= 0.6 is 12.6 Å². The van der Waals surface area contributed by atoms with Gasteiger partial charge in [-0.1, -0.05) is 0 Å². The lowest BCUT2D eigenvalue weighted by molar-refractivity contribution is 0.133. The van der Waals surface area contributed by atoms with Crippen molar-refractivity contribution in [2.75, 3.05) is 26.5 Å². The van der Waals surface area contributed by atoms with Crippen LogP contribution in [0.4, 0.5) is 4.79 Å². The highest BCUT2D eigenvalue weighted by atomic mass is 32.1. The molecule has 0 spiro atoms. The van der Waals surface area contributed by atoms with E-state index in [1.54, 1.807) is 7.05 Å². The number of rotatable bonds is 3. The second kappa shape index (κ2) is 5.41. The first-order valence-corrected chi connectivity index (χ1v) is 3.75. The van der Waals surface area contributed by atoms with Gasteiger partial charge in [0, 0.05) is 13.6 Å². The molecule has 0 aliphatic carbocycles. The Morgan fingerprint density at radius 3 is 2.70 bits per heavy atom. The van der Waals surface area contributed by atoms with Crippen LogP contribution < -0.4 is 0 Å². The number of carbonyl (C=O) groups is 1. The lowest BCUT2D eigenvalue weighted by Gasteiger charge is -2.13. The summed E-state index contributed by atoms with van der Waals surface area (Å²) < 4.78 is 4.47. The molecule has 10 heavy (non-hydrogen) atoms. The van der Waals surface area contributed by atoms with E-state index in [1.807, 2.05) is 0 Å². The molecule has 0 aromatic heterocycles. The summed E-state index contributed by atoms with van der Waals surface area (Å²) in [5.41, 5.74) is 0. The molecule has 0 aliphatic rings. The quantitative estimate of drug-likeness (QED) is 0.629. The zero-order chi connectivity index (χ0) is 7.98. The van der Waals surface area contributed by atoms with Crippen LogP contribution in [0.25, 0.3) is 0 Å². The molecule has 60 valence electrons. The third kappa shape index (κ3) is 3.61. The lowest BCUT2D eigenvalue weighted by Crippen LogP contribution is -2.27. The second-order valence-electron chi connectivity index (χ2n) is 1.97. The highest BCUT2D eigenvalue weighted by Gasteiger charge is 2.05. The molecule has 0 heterocycles. The predicted molar refractivity (Wildman–Crippen MR) is 43.5 cm³/mol. The first-order chi connectivity index (χ1) is 4.72. The van der Waals surface area contributed by atoms with Crippen LogP contribution in [-0.2, 0) is 4.74 Å². The van der Waals surface area contributed by atoms with Gasteiger partial charge in [-0.15, -0.1) is 0 Å². The molecule has 0 rings (SSSR count). The van der Waals surface area contributed by atoms with Gasteiger partial charge in [-0.2, -0.15) is 12.6 Å². The SMILES string of the molecule is COC(=O)N(C)CCCS. The molecule has 0 bridgehead atoms. The van der Waals surface area contributed by atoms with Gasteiger partial charge in [0.05, 0.1) is 7.11 Å². The molecule has 4 heteroatoms. The Labute approximate surface area is 66.8 Å². The number of ether oxygens (including phenoxy) is 1. The largest absolute Gasteiger partial charge is 0.453 e. The summed E-state index contributed by atoms with van der Waals surface area (Å²) in [5.74, 6) is 0.793. The number of hydrogen-bond acceptors (Lipinski definition) is 3. The number of hydrogen-bond donors (Lipinski definition) is 1. The molecule has 0 aromatic rings. The Hall–Kier alpha value is -0.380.